The lowest BCUT2D eigenvalue weighted by Crippen LogP contribution is -1.96. The molecule has 0 saturated heterocycles. The first kappa shape index (κ1) is 8.84. The van der Waals surface area contributed by atoms with Crippen LogP contribution in [0.4, 0.5) is 5.69 Å². The van der Waals surface area contributed by atoms with E-state index in [2.05, 4.69) is 43.4 Å². The summed E-state index contributed by atoms with van der Waals surface area (Å²) in [7, 11) is 0. The van der Waals surface area contributed by atoms with Crippen molar-refractivity contribution in [3.8, 4) is 0 Å². The van der Waals surface area contributed by atoms with Crippen molar-refractivity contribution in [2.45, 2.75) is 20.8 Å². The molecule has 0 radical (unpaired) electrons. The lowest BCUT2D eigenvalue weighted by molar-refractivity contribution is 1.27. The smallest absolute Gasteiger partial charge is 0.0357 e. The van der Waals surface area contributed by atoms with Gasteiger partial charge in [-0.1, -0.05) is 0 Å². The Morgan fingerprint density at radius 1 is 1.18 bits per heavy atom. The van der Waals surface area contributed by atoms with E-state index in [0.29, 0.717) is 0 Å². The van der Waals surface area contributed by atoms with Gasteiger partial charge in [0.25, 0.3) is 0 Å². The lowest BCUT2D eigenvalue weighted by Gasteiger charge is -2.08. The quantitative estimate of drug-likeness (QED) is 0.564. The number of hydrogen-bond acceptors (Lipinski definition) is 1. The summed E-state index contributed by atoms with van der Waals surface area (Å²) >= 11 is 2.34. The van der Waals surface area contributed by atoms with Crippen LogP contribution >= 0.6 is 22.6 Å². The molecule has 2 N–H and O–H groups in total. The number of benzene rings is 1. The first-order chi connectivity index (χ1) is 5.04. The van der Waals surface area contributed by atoms with E-state index in [1.807, 2.05) is 6.07 Å². The van der Waals surface area contributed by atoms with E-state index >= 15 is 0 Å². The molecule has 0 saturated carbocycles. The number of hydrogen-bond donors (Lipinski definition) is 1. The Bertz CT molecular complexity index is 266. The van der Waals surface area contributed by atoms with E-state index in [0.717, 1.165) is 5.69 Å². The van der Waals surface area contributed by atoms with Gasteiger partial charge in [0.1, 0.15) is 0 Å². The lowest BCUT2D eigenvalue weighted by atomic mass is 10.1. The molecular weight excluding hydrogens is 249 g/mol. The Kier molecular flexibility index (Phi) is 2.42. The van der Waals surface area contributed by atoms with Crippen LogP contribution in [0, 0.1) is 24.3 Å². The summed E-state index contributed by atoms with van der Waals surface area (Å²) in [4.78, 5) is 0. The highest BCUT2D eigenvalue weighted by Gasteiger charge is 2.04. The third kappa shape index (κ3) is 1.50. The molecule has 0 aliphatic carbocycles. The highest BCUT2D eigenvalue weighted by atomic mass is 127. The maximum absolute atomic E-state index is 5.79. The average Bonchev–Trinajstić information content (AvgIpc) is 1.97. The van der Waals surface area contributed by atoms with Crippen molar-refractivity contribution in [3.05, 3.63) is 26.3 Å². The van der Waals surface area contributed by atoms with Crippen LogP contribution in [0.1, 0.15) is 16.7 Å². The Hall–Kier alpha value is -0.250. The second-order valence-corrected chi connectivity index (χ2v) is 3.93. The van der Waals surface area contributed by atoms with Crippen LogP contribution in [-0.4, -0.2) is 0 Å². The summed E-state index contributed by atoms with van der Waals surface area (Å²) in [5.41, 5.74) is 10.5. The highest BCUT2D eigenvalue weighted by molar-refractivity contribution is 14.1. The number of anilines is 1. The first-order valence-electron chi connectivity index (χ1n) is 3.56. The fraction of sp³-hybridized carbons (Fsp3) is 0.333. The summed E-state index contributed by atoms with van der Waals surface area (Å²) in [6.45, 7) is 6.28. The van der Waals surface area contributed by atoms with Gasteiger partial charge in [0.15, 0.2) is 0 Å². The van der Waals surface area contributed by atoms with Crippen LogP contribution in [0.2, 0.25) is 0 Å². The predicted molar refractivity (Wildman–Crippen MR) is 57.8 cm³/mol. The zero-order chi connectivity index (χ0) is 8.59. The van der Waals surface area contributed by atoms with Crippen molar-refractivity contribution in [2.24, 2.45) is 0 Å². The van der Waals surface area contributed by atoms with Crippen LogP contribution < -0.4 is 5.73 Å². The van der Waals surface area contributed by atoms with E-state index < -0.39 is 0 Å². The molecule has 0 fully saturated rings. The normalized spacial score (nSPS) is 10.2. The van der Waals surface area contributed by atoms with Gasteiger partial charge in [-0.05, 0) is 66.1 Å². The molecule has 2 heteroatoms. The number of halogens is 1. The van der Waals surface area contributed by atoms with Gasteiger partial charge < -0.3 is 5.73 Å². The van der Waals surface area contributed by atoms with Gasteiger partial charge in [-0.2, -0.15) is 0 Å². The van der Waals surface area contributed by atoms with Gasteiger partial charge in [-0.3, -0.25) is 0 Å². The summed E-state index contributed by atoms with van der Waals surface area (Å²) in [5, 5.41) is 0. The Morgan fingerprint density at radius 3 is 2.27 bits per heavy atom. The Balaban J connectivity index is 3.46. The largest absolute Gasteiger partial charge is 0.398 e. The van der Waals surface area contributed by atoms with Crippen LogP contribution in [0.15, 0.2) is 6.07 Å². The zero-order valence-electron chi connectivity index (χ0n) is 7.03. The minimum Gasteiger partial charge on any atom is -0.398 e. The van der Waals surface area contributed by atoms with Crippen LogP contribution in [-0.2, 0) is 0 Å². The number of aryl methyl sites for hydroxylation is 1. The molecule has 0 heterocycles. The van der Waals surface area contributed by atoms with Crippen molar-refractivity contribution in [3.63, 3.8) is 0 Å². The molecule has 1 aromatic carbocycles. The van der Waals surface area contributed by atoms with Gasteiger partial charge in [0, 0.05) is 9.26 Å². The second kappa shape index (κ2) is 3.01. The fourth-order valence-electron chi connectivity index (χ4n) is 1.03. The number of nitrogen functional groups attached to an aromatic ring is 1. The first-order valence-corrected chi connectivity index (χ1v) is 4.63. The van der Waals surface area contributed by atoms with Crippen molar-refractivity contribution < 1.29 is 0 Å². The number of rotatable bonds is 0. The molecule has 11 heavy (non-hydrogen) atoms. The van der Waals surface area contributed by atoms with E-state index in [9.17, 15) is 0 Å². The summed E-state index contributed by atoms with van der Waals surface area (Å²) < 4.78 is 1.29. The molecule has 0 aliphatic heterocycles. The Morgan fingerprint density at radius 2 is 1.73 bits per heavy atom. The molecule has 0 bridgehead atoms. The monoisotopic (exact) mass is 261 g/mol. The fourth-order valence-corrected chi connectivity index (χ4v) is 1.77. The molecule has 0 amide bonds. The van der Waals surface area contributed by atoms with E-state index in [4.69, 9.17) is 5.73 Å². The van der Waals surface area contributed by atoms with Crippen molar-refractivity contribution in [1.82, 2.24) is 0 Å². The van der Waals surface area contributed by atoms with Gasteiger partial charge in [0.2, 0.25) is 0 Å². The van der Waals surface area contributed by atoms with E-state index in [1.165, 1.54) is 20.3 Å². The molecule has 1 rings (SSSR count). The van der Waals surface area contributed by atoms with Crippen molar-refractivity contribution >= 4 is 28.3 Å². The maximum Gasteiger partial charge on any atom is 0.0357 e. The molecular formula is C9H12IN. The summed E-state index contributed by atoms with van der Waals surface area (Å²) in [5.74, 6) is 0. The van der Waals surface area contributed by atoms with Crippen molar-refractivity contribution in [2.75, 3.05) is 5.73 Å². The zero-order valence-corrected chi connectivity index (χ0v) is 9.19. The van der Waals surface area contributed by atoms with Gasteiger partial charge in [-0.15, -0.1) is 0 Å². The predicted octanol–water partition coefficient (Wildman–Crippen LogP) is 2.80. The molecule has 0 atom stereocenters. The second-order valence-electron chi connectivity index (χ2n) is 2.85. The third-order valence-electron chi connectivity index (χ3n) is 2.06. The standard InChI is InChI=1S/C9H12IN/c1-5-4-8(11)7(3)9(10)6(5)2/h4H,11H2,1-3H3. The SMILES string of the molecule is Cc1cc(N)c(C)c(I)c1C. The molecule has 60 valence electrons. The van der Waals surface area contributed by atoms with E-state index in [-0.39, 0.29) is 0 Å². The Labute approximate surface area is 81.1 Å². The van der Waals surface area contributed by atoms with Gasteiger partial charge in [0.05, 0.1) is 0 Å². The molecule has 0 unspecified atom stereocenters. The number of nitrogens with two attached hydrogens (primary N) is 1. The topological polar surface area (TPSA) is 26.0 Å². The van der Waals surface area contributed by atoms with Gasteiger partial charge in [-0.25, -0.2) is 0 Å². The average molecular weight is 261 g/mol. The van der Waals surface area contributed by atoms with Crippen LogP contribution in [0.25, 0.3) is 0 Å². The van der Waals surface area contributed by atoms with Crippen LogP contribution in [0.5, 0.6) is 0 Å². The van der Waals surface area contributed by atoms with Gasteiger partial charge >= 0.3 is 0 Å². The molecule has 0 spiro atoms. The molecule has 1 aromatic rings. The van der Waals surface area contributed by atoms with Crippen molar-refractivity contribution in [1.29, 1.82) is 0 Å². The van der Waals surface area contributed by atoms with E-state index in [1.54, 1.807) is 0 Å². The van der Waals surface area contributed by atoms with Crippen LogP contribution in [0.3, 0.4) is 0 Å². The highest BCUT2D eigenvalue weighted by Crippen LogP contribution is 2.24. The minimum atomic E-state index is 0.900. The summed E-state index contributed by atoms with van der Waals surface area (Å²) in [6.07, 6.45) is 0. The third-order valence-corrected chi connectivity index (χ3v) is 3.67. The molecule has 0 aromatic heterocycles. The minimum absolute atomic E-state index is 0.900. The summed E-state index contributed by atoms with van der Waals surface area (Å²) in [6, 6.07) is 2.03. The maximum atomic E-state index is 5.79. The molecule has 1 nitrogen and oxygen atoms in total. The molecule has 0 aliphatic rings.